The Kier molecular flexibility index (Phi) is 2.50. The topological polar surface area (TPSA) is 66.0 Å². The molecule has 1 heterocycles. The van der Waals surface area contributed by atoms with Crippen molar-refractivity contribution in [1.82, 2.24) is 9.97 Å². The predicted molar refractivity (Wildman–Crippen MR) is 55.7 cm³/mol. The number of hydrogen-bond donors (Lipinski definition) is 2. The molecule has 0 amide bonds. The van der Waals surface area contributed by atoms with Gasteiger partial charge in [-0.2, -0.15) is 0 Å². The highest BCUT2D eigenvalue weighted by Gasteiger charge is 2.36. The molecule has 0 radical (unpaired) electrons. The van der Waals surface area contributed by atoms with Crippen molar-refractivity contribution in [2.45, 2.75) is 44.4 Å². The molecule has 2 N–H and O–H groups in total. The second-order valence-corrected chi connectivity index (χ2v) is 4.56. The summed E-state index contributed by atoms with van der Waals surface area (Å²) in [6.07, 6.45) is 6.10. The number of nitrogens with zero attached hydrogens (tertiary/aromatic N) is 1. The van der Waals surface area contributed by atoms with Crippen LogP contribution in [-0.2, 0) is 16.6 Å². The lowest BCUT2D eigenvalue weighted by Gasteiger charge is -2.36. The van der Waals surface area contributed by atoms with Gasteiger partial charge in [-0.15, -0.1) is 0 Å². The third kappa shape index (κ3) is 2.03. The monoisotopic (exact) mass is 208 g/mol. The molecule has 2 rings (SSSR count). The van der Waals surface area contributed by atoms with Crippen molar-refractivity contribution in [3.63, 3.8) is 0 Å². The molecule has 0 unspecified atom stereocenters. The van der Waals surface area contributed by atoms with Gasteiger partial charge in [0.25, 0.3) is 0 Å². The molecule has 4 heteroatoms. The summed E-state index contributed by atoms with van der Waals surface area (Å²) in [6, 6.07) is 0. The van der Waals surface area contributed by atoms with E-state index in [4.69, 9.17) is 5.11 Å². The van der Waals surface area contributed by atoms with Gasteiger partial charge in [-0.3, -0.25) is 4.79 Å². The lowest BCUT2D eigenvalue weighted by molar-refractivity contribution is -0.136. The van der Waals surface area contributed by atoms with E-state index in [1.54, 1.807) is 6.20 Å². The maximum Gasteiger partial charge on any atom is 0.303 e. The Hall–Kier alpha value is -1.32. The highest BCUT2D eigenvalue weighted by Crippen LogP contribution is 2.41. The van der Waals surface area contributed by atoms with Gasteiger partial charge >= 0.3 is 5.97 Å². The number of carbonyl (C=O) groups is 1. The fourth-order valence-electron chi connectivity index (χ4n) is 1.98. The first-order valence-electron chi connectivity index (χ1n) is 5.36. The number of aliphatic carboxylic acids is 1. The van der Waals surface area contributed by atoms with Crippen LogP contribution in [0.25, 0.3) is 0 Å². The van der Waals surface area contributed by atoms with E-state index in [0.717, 1.165) is 11.5 Å². The minimum atomic E-state index is -0.763. The highest BCUT2D eigenvalue weighted by atomic mass is 16.4. The number of aromatic nitrogens is 2. The van der Waals surface area contributed by atoms with Crippen molar-refractivity contribution in [3.8, 4) is 0 Å². The Morgan fingerprint density at radius 2 is 2.40 bits per heavy atom. The van der Waals surface area contributed by atoms with E-state index >= 15 is 0 Å². The number of hydrogen-bond acceptors (Lipinski definition) is 2. The number of aryl methyl sites for hydroxylation is 1. The van der Waals surface area contributed by atoms with E-state index in [0.29, 0.717) is 6.42 Å². The molecule has 0 aromatic carbocycles. The third-order valence-electron chi connectivity index (χ3n) is 3.27. The summed E-state index contributed by atoms with van der Waals surface area (Å²) >= 11 is 0. The van der Waals surface area contributed by atoms with Gasteiger partial charge in [-0.25, -0.2) is 4.98 Å². The van der Waals surface area contributed by atoms with Crippen LogP contribution in [0.1, 0.15) is 44.1 Å². The van der Waals surface area contributed by atoms with E-state index in [1.807, 2.05) is 0 Å². The van der Waals surface area contributed by atoms with E-state index in [9.17, 15) is 4.79 Å². The number of aromatic amines is 1. The summed E-state index contributed by atoms with van der Waals surface area (Å²) in [5, 5.41) is 8.56. The average Bonchev–Trinajstić information content (AvgIpc) is 2.59. The number of carboxylic acids is 1. The molecule has 0 spiro atoms. The van der Waals surface area contributed by atoms with Gasteiger partial charge in [-0.1, -0.05) is 13.3 Å². The zero-order valence-corrected chi connectivity index (χ0v) is 8.92. The predicted octanol–water partition coefficient (Wildman–Crippen LogP) is 1.87. The van der Waals surface area contributed by atoms with Crippen LogP contribution in [0.15, 0.2) is 6.20 Å². The standard InChI is InChI=1S/C11H16N2O2/c1-11(5-2-6-11)10-12-7-8(13-10)3-4-9(14)15/h7H,2-6H2,1H3,(H,12,13)(H,14,15). The van der Waals surface area contributed by atoms with Crippen LogP contribution < -0.4 is 0 Å². The molecular weight excluding hydrogens is 192 g/mol. The molecule has 15 heavy (non-hydrogen) atoms. The smallest absolute Gasteiger partial charge is 0.303 e. The van der Waals surface area contributed by atoms with E-state index in [1.165, 1.54) is 19.3 Å². The molecule has 1 aliphatic carbocycles. The molecule has 1 aromatic heterocycles. The van der Waals surface area contributed by atoms with Gasteiger partial charge in [0, 0.05) is 17.3 Å². The van der Waals surface area contributed by atoms with Gasteiger partial charge in [-0.05, 0) is 19.3 Å². The summed E-state index contributed by atoms with van der Waals surface area (Å²) in [6.45, 7) is 2.20. The normalized spacial score (nSPS) is 18.5. The van der Waals surface area contributed by atoms with Crippen LogP contribution in [0.4, 0.5) is 0 Å². The Labute approximate surface area is 88.7 Å². The first-order chi connectivity index (χ1) is 7.10. The number of nitrogens with one attached hydrogen (secondary N) is 1. The van der Waals surface area contributed by atoms with Gasteiger partial charge in [0.15, 0.2) is 0 Å². The molecule has 0 atom stereocenters. The summed E-state index contributed by atoms with van der Waals surface area (Å²) in [4.78, 5) is 18.0. The second kappa shape index (κ2) is 3.68. The molecule has 0 aliphatic heterocycles. The first-order valence-corrected chi connectivity index (χ1v) is 5.36. The summed E-state index contributed by atoms with van der Waals surface area (Å²) < 4.78 is 0. The van der Waals surface area contributed by atoms with Crippen LogP contribution in [0.2, 0.25) is 0 Å². The van der Waals surface area contributed by atoms with Crippen LogP contribution in [0.3, 0.4) is 0 Å². The number of carboxylic acid groups (broad SMARTS) is 1. The second-order valence-electron chi connectivity index (χ2n) is 4.56. The maximum absolute atomic E-state index is 10.4. The number of imidazole rings is 1. The lowest BCUT2D eigenvalue weighted by Crippen LogP contribution is -2.31. The molecular formula is C11H16N2O2. The third-order valence-corrected chi connectivity index (χ3v) is 3.27. The van der Waals surface area contributed by atoms with E-state index in [2.05, 4.69) is 16.9 Å². The molecule has 1 aliphatic rings. The van der Waals surface area contributed by atoms with E-state index < -0.39 is 5.97 Å². The minimum Gasteiger partial charge on any atom is -0.481 e. The Bertz CT molecular complexity index is 366. The first kappa shape index (κ1) is 10.2. The average molecular weight is 208 g/mol. The molecule has 1 saturated carbocycles. The number of H-pyrrole nitrogens is 1. The summed E-state index contributed by atoms with van der Waals surface area (Å²) in [5.74, 6) is 0.259. The molecule has 0 bridgehead atoms. The van der Waals surface area contributed by atoms with E-state index in [-0.39, 0.29) is 11.8 Å². The number of rotatable bonds is 4. The molecule has 0 saturated heterocycles. The molecule has 1 aromatic rings. The van der Waals surface area contributed by atoms with Crippen molar-refractivity contribution in [2.24, 2.45) is 0 Å². The van der Waals surface area contributed by atoms with Gasteiger partial charge in [0.1, 0.15) is 5.82 Å². The van der Waals surface area contributed by atoms with Gasteiger partial charge in [0.05, 0.1) is 6.42 Å². The zero-order chi connectivity index (χ0) is 10.9. The highest BCUT2D eigenvalue weighted by molar-refractivity contribution is 5.66. The van der Waals surface area contributed by atoms with Crippen molar-refractivity contribution >= 4 is 5.97 Å². The fourth-order valence-corrected chi connectivity index (χ4v) is 1.98. The van der Waals surface area contributed by atoms with Crippen molar-refractivity contribution < 1.29 is 9.90 Å². The van der Waals surface area contributed by atoms with Crippen LogP contribution in [0, 0.1) is 0 Å². The van der Waals surface area contributed by atoms with Crippen LogP contribution in [-0.4, -0.2) is 21.0 Å². The van der Waals surface area contributed by atoms with Crippen LogP contribution in [0.5, 0.6) is 0 Å². The van der Waals surface area contributed by atoms with Gasteiger partial charge in [0.2, 0.25) is 0 Å². The largest absolute Gasteiger partial charge is 0.481 e. The van der Waals surface area contributed by atoms with Gasteiger partial charge < -0.3 is 10.1 Å². The Balaban J connectivity index is 2.00. The van der Waals surface area contributed by atoms with Crippen molar-refractivity contribution in [1.29, 1.82) is 0 Å². The van der Waals surface area contributed by atoms with Crippen molar-refractivity contribution in [2.75, 3.05) is 0 Å². The lowest BCUT2D eigenvalue weighted by atomic mass is 9.70. The fraction of sp³-hybridized carbons (Fsp3) is 0.636. The molecule has 82 valence electrons. The van der Waals surface area contributed by atoms with Crippen molar-refractivity contribution in [3.05, 3.63) is 17.7 Å². The SMILES string of the molecule is CC1(c2ncc(CCC(=O)O)[nH]2)CCC1. The van der Waals surface area contributed by atoms with Crippen LogP contribution >= 0.6 is 0 Å². The molecule has 4 nitrogen and oxygen atoms in total. The Morgan fingerprint density at radius 3 is 2.93 bits per heavy atom. The maximum atomic E-state index is 10.4. The summed E-state index contributed by atoms with van der Waals surface area (Å²) in [7, 11) is 0. The summed E-state index contributed by atoms with van der Waals surface area (Å²) in [5.41, 5.74) is 1.14. The minimum absolute atomic E-state index is 0.165. The quantitative estimate of drug-likeness (QED) is 0.793. The Morgan fingerprint density at radius 1 is 1.67 bits per heavy atom. The molecule has 1 fully saturated rings. The zero-order valence-electron chi connectivity index (χ0n) is 8.92.